The first kappa shape index (κ1) is 10.9. The summed E-state index contributed by atoms with van der Waals surface area (Å²) >= 11 is 0. The molecular weight excluding hydrogens is 203 g/mol. The van der Waals surface area contributed by atoms with Crippen molar-refractivity contribution in [3.8, 4) is 6.07 Å². The van der Waals surface area contributed by atoms with Crippen molar-refractivity contribution in [1.82, 2.24) is 0 Å². The van der Waals surface area contributed by atoms with Gasteiger partial charge >= 0.3 is 0 Å². The number of hydrogen-bond donors (Lipinski definition) is 1. The van der Waals surface area contributed by atoms with E-state index in [9.17, 15) is 4.39 Å². The molecule has 0 bridgehead atoms. The van der Waals surface area contributed by atoms with E-state index in [1.54, 1.807) is 12.1 Å². The van der Waals surface area contributed by atoms with Gasteiger partial charge in [0.05, 0.1) is 5.69 Å². The number of rotatable bonds is 4. The predicted octanol–water partition coefficient (Wildman–Crippen LogP) is 3.30. The molecule has 1 N–H and O–H groups in total. The highest BCUT2D eigenvalue weighted by Gasteiger charge is 2.30. The van der Waals surface area contributed by atoms with E-state index in [2.05, 4.69) is 12.2 Å². The Hall–Kier alpha value is -1.56. The van der Waals surface area contributed by atoms with Crippen molar-refractivity contribution < 1.29 is 4.39 Å². The molecule has 1 aromatic rings. The fraction of sp³-hybridized carbons (Fsp3) is 0.462. The van der Waals surface area contributed by atoms with Crippen LogP contribution in [0.5, 0.6) is 0 Å². The first-order valence-electron chi connectivity index (χ1n) is 5.71. The molecule has 1 aliphatic rings. The molecule has 0 aromatic heterocycles. The monoisotopic (exact) mass is 218 g/mol. The van der Waals surface area contributed by atoms with Crippen LogP contribution in [0, 0.1) is 23.1 Å². The Morgan fingerprint density at radius 1 is 1.56 bits per heavy atom. The Labute approximate surface area is 95.1 Å². The second-order valence-electron chi connectivity index (χ2n) is 4.27. The lowest BCUT2D eigenvalue weighted by atomic mass is 10.1. The van der Waals surface area contributed by atoms with Gasteiger partial charge in [0.15, 0.2) is 0 Å². The summed E-state index contributed by atoms with van der Waals surface area (Å²) < 4.78 is 13.4. The molecule has 16 heavy (non-hydrogen) atoms. The fourth-order valence-corrected chi connectivity index (χ4v) is 2.01. The third-order valence-electron chi connectivity index (χ3n) is 3.10. The summed E-state index contributed by atoms with van der Waals surface area (Å²) in [5.74, 6) is 0.248. The van der Waals surface area contributed by atoms with Crippen LogP contribution in [-0.2, 0) is 0 Å². The molecule has 1 aliphatic carbocycles. The molecule has 0 aliphatic heterocycles. The second-order valence-corrected chi connectivity index (χ2v) is 4.27. The summed E-state index contributed by atoms with van der Waals surface area (Å²) in [5, 5.41) is 12.2. The Morgan fingerprint density at radius 3 is 2.88 bits per heavy atom. The van der Waals surface area contributed by atoms with E-state index >= 15 is 0 Å². The van der Waals surface area contributed by atoms with Gasteiger partial charge in [-0.1, -0.05) is 13.0 Å². The fourth-order valence-electron chi connectivity index (χ4n) is 2.01. The van der Waals surface area contributed by atoms with Crippen molar-refractivity contribution in [3.63, 3.8) is 0 Å². The van der Waals surface area contributed by atoms with E-state index in [4.69, 9.17) is 5.26 Å². The van der Waals surface area contributed by atoms with Crippen LogP contribution < -0.4 is 5.32 Å². The van der Waals surface area contributed by atoms with Gasteiger partial charge in [-0.25, -0.2) is 4.39 Å². The standard InChI is InChI=1S/C13H15FN2/c1-2-12(9-6-7-9)16-13-5-3-4-11(14)10(13)8-15/h3-5,9,12,16H,2,6-7H2,1H3. The van der Waals surface area contributed by atoms with Crippen molar-refractivity contribution in [2.75, 3.05) is 5.32 Å². The van der Waals surface area contributed by atoms with Crippen molar-refractivity contribution in [2.45, 2.75) is 32.2 Å². The van der Waals surface area contributed by atoms with Crippen LogP contribution in [0.4, 0.5) is 10.1 Å². The van der Waals surface area contributed by atoms with Gasteiger partial charge in [-0.3, -0.25) is 0 Å². The molecule has 1 unspecified atom stereocenters. The Kier molecular flexibility index (Phi) is 3.09. The van der Waals surface area contributed by atoms with Crippen molar-refractivity contribution in [3.05, 3.63) is 29.6 Å². The smallest absolute Gasteiger partial charge is 0.143 e. The molecule has 1 fully saturated rings. The number of nitrogens with one attached hydrogen (secondary N) is 1. The summed E-state index contributed by atoms with van der Waals surface area (Å²) in [6.07, 6.45) is 3.48. The Balaban J connectivity index is 2.20. The molecule has 1 aromatic carbocycles. The largest absolute Gasteiger partial charge is 0.381 e. The molecule has 0 heterocycles. The van der Waals surface area contributed by atoms with Crippen LogP contribution in [-0.4, -0.2) is 6.04 Å². The van der Waals surface area contributed by atoms with Gasteiger partial charge < -0.3 is 5.32 Å². The molecule has 2 nitrogen and oxygen atoms in total. The van der Waals surface area contributed by atoms with Gasteiger partial charge in [-0.15, -0.1) is 0 Å². The molecule has 3 heteroatoms. The number of benzene rings is 1. The number of halogens is 1. The number of nitrogens with zero attached hydrogens (tertiary/aromatic N) is 1. The van der Waals surface area contributed by atoms with Crippen molar-refractivity contribution in [1.29, 1.82) is 5.26 Å². The Morgan fingerprint density at radius 2 is 2.31 bits per heavy atom. The second kappa shape index (κ2) is 4.52. The SMILES string of the molecule is CCC(Nc1cccc(F)c1C#N)C1CC1. The van der Waals surface area contributed by atoms with Gasteiger partial charge in [0, 0.05) is 6.04 Å². The van der Waals surface area contributed by atoms with Crippen LogP contribution in [0.3, 0.4) is 0 Å². The zero-order valence-electron chi connectivity index (χ0n) is 9.33. The van der Waals surface area contributed by atoms with E-state index < -0.39 is 5.82 Å². The molecular formula is C13H15FN2. The van der Waals surface area contributed by atoms with Crippen LogP contribution in [0.2, 0.25) is 0 Å². The van der Waals surface area contributed by atoms with Crippen LogP contribution >= 0.6 is 0 Å². The molecule has 0 radical (unpaired) electrons. The van der Waals surface area contributed by atoms with E-state index in [-0.39, 0.29) is 5.56 Å². The molecule has 1 saturated carbocycles. The summed E-state index contributed by atoms with van der Waals surface area (Å²) in [4.78, 5) is 0. The predicted molar refractivity (Wildman–Crippen MR) is 61.5 cm³/mol. The maximum Gasteiger partial charge on any atom is 0.143 e. The lowest BCUT2D eigenvalue weighted by Gasteiger charge is -2.18. The summed E-state index contributed by atoms with van der Waals surface area (Å²) in [5.41, 5.74) is 0.753. The molecule has 84 valence electrons. The summed E-state index contributed by atoms with van der Waals surface area (Å²) in [6.45, 7) is 2.11. The number of anilines is 1. The highest BCUT2D eigenvalue weighted by molar-refractivity contribution is 5.58. The van der Waals surface area contributed by atoms with E-state index in [1.165, 1.54) is 18.9 Å². The first-order valence-corrected chi connectivity index (χ1v) is 5.71. The maximum absolute atomic E-state index is 13.4. The molecule has 0 spiro atoms. The highest BCUT2D eigenvalue weighted by atomic mass is 19.1. The summed E-state index contributed by atoms with van der Waals surface area (Å²) in [6, 6.07) is 7.01. The minimum atomic E-state index is -0.446. The average molecular weight is 218 g/mol. The zero-order chi connectivity index (χ0) is 11.5. The first-order chi connectivity index (χ1) is 7.76. The van der Waals surface area contributed by atoms with E-state index in [0.717, 1.165) is 6.42 Å². The maximum atomic E-state index is 13.4. The van der Waals surface area contributed by atoms with Crippen molar-refractivity contribution in [2.24, 2.45) is 5.92 Å². The lowest BCUT2D eigenvalue weighted by Crippen LogP contribution is -2.21. The van der Waals surface area contributed by atoms with Gasteiger partial charge in [0.2, 0.25) is 0 Å². The highest BCUT2D eigenvalue weighted by Crippen LogP contribution is 2.36. The van der Waals surface area contributed by atoms with Gasteiger partial charge in [-0.05, 0) is 37.3 Å². The molecule has 2 rings (SSSR count). The normalized spacial score (nSPS) is 16.6. The minimum Gasteiger partial charge on any atom is -0.381 e. The number of hydrogen-bond acceptors (Lipinski definition) is 2. The van der Waals surface area contributed by atoms with Gasteiger partial charge in [0.1, 0.15) is 17.4 Å². The minimum absolute atomic E-state index is 0.126. The van der Waals surface area contributed by atoms with Gasteiger partial charge in [0.25, 0.3) is 0 Å². The quantitative estimate of drug-likeness (QED) is 0.841. The van der Waals surface area contributed by atoms with E-state index in [0.29, 0.717) is 17.6 Å². The summed E-state index contributed by atoms with van der Waals surface area (Å²) in [7, 11) is 0. The zero-order valence-corrected chi connectivity index (χ0v) is 9.33. The number of nitriles is 1. The molecule has 0 amide bonds. The lowest BCUT2D eigenvalue weighted by molar-refractivity contribution is 0.608. The van der Waals surface area contributed by atoms with Crippen LogP contribution in [0.25, 0.3) is 0 Å². The molecule has 0 saturated heterocycles. The van der Waals surface area contributed by atoms with Crippen molar-refractivity contribution >= 4 is 5.69 Å². The Bertz CT molecular complexity index is 418. The third kappa shape index (κ3) is 2.16. The molecule has 1 atom stereocenters. The van der Waals surface area contributed by atoms with Crippen LogP contribution in [0.15, 0.2) is 18.2 Å². The average Bonchev–Trinajstić information content (AvgIpc) is 3.10. The van der Waals surface area contributed by atoms with Gasteiger partial charge in [-0.2, -0.15) is 5.26 Å². The topological polar surface area (TPSA) is 35.8 Å². The third-order valence-corrected chi connectivity index (χ3v) is 3.10. The van der Waals surface area contributed by atoms with E-state index in [1.807, 2.05) is 6.07 Å². The van der Waals surface area contributed by atoms with Crippen LogP contribution in [0.1, 0.15) is 31.7 Å².